The van der Waals surface area contributed by atoms with Crippen LogP contribution in [0.5, 0.6) is 0 Å². The van der Waals surface area contributed by atoms with Gasteiger partial charge in [-0.05, 0) is 31.0 Å². The Bertz CT molecular complexity index is 980. The normalized spacial score (nSPS) is 26.1. The van der Waals surface area contributed by atoms with Crippen molar-refractivity contribution in [2.24, 2.45) is 5.92 Å². The van der Waals surface area contributed by atoms with Crippen LogP contribution in [0.4, 0.5) is 5.69 Å². The molecule has 2 aromatic rings. The largest absolute Gasteiger partial charge is 0.372 e. The summed E-state index contributed by atoms with van der Waals surface area (Å²) < 4.78 is 0. The SMILES string of the molecule is Cc1cc2c(cc1C)C1(O)C(=O)c3ccccc3C1(O)N2C(=O)C(C)C. The number of carbonyl (C=O) groups is 2. The number of Topliss-reactive ketones (excluding diaryl/α,β-unsaturated/α-hetero) is 1. The van der Waals surface area contributed by atoms with Gasteiger partial charge in [-0.1, -0.05) is 44.2 Å². The molecule has 5 nitrogen and oxygen atoms in total. The zero-order valence-corrected chi connectivity index (χ0v) is 15.2. The van der Waals surface area contributed by atoms with Crippen molar-refractivity contribution in [3.05, 3.63) is 64.2 Å². The number of fused-ring (bicyclic) bond motifs is 5. The van der Waals surface area contributed by atoms with Crippen molar-refractivity contribution in [1.29, 1.82) is 0 Å². The Morgan fingerprint density at radius 3 is 2.31 bits per heavy atom. The zero-order chi connectivity index (χ0) is 19.0. The summed E-state index contributed by atoms with van der Waals surface area (Å²) in [7, 11) is 0. The lowest BCUT2D eigenvalue weighted by atomic mass is 9.85. The van der Waals surface area contributed by atoms with Gasteiger partial charge in [0.1, 0.15) is 0 Å². The first-order chi connectivity index (χ1) is 12.2. The number of hydrogen-bond acceptors (Lipinski definition) is 4. The quantitative estimate of drug-likeness (QED) is 0.828. The number of benzene rings is 2. The van der Waals surface area contributed by atoms with Gasteiger partial charge in [-0.2, -0.15) is 0 Å². The van der Waals surface area contributed by atoms with Crippen LogP contribution >= 0.6 is 0 Å². The molecule has 0 fully saturated rings. The van der Waals surface area contributed by atoms with Gasteiger partial charge in [0, 0.05) is 22.6 Å². The maximum atomic E-state index is 13.2. The molecule has 2 aromatic carbocycles. The predicted molar refractivity (Wildman–Crippen MR) is 96.8 cm³/mol. The molecule has 0 bridgehead atoms. The van der Waals surface area contributed by atoms with E-state index in [4.69, 9.17) is 0 Å². The molecule has 2 N–H and O–H groups in total. The third kappa shape index (κ3) is 1.67. The topological polar surface area (TPSA) is 77.8 Å². The molecule has 0 radical (unpaired) electrons. The fourth-order valence-corrected chi connectivity index (χ4v) is 4.11. The summed E-state index contributed by atoms with van der Waals surface area (Å²) >= 11 is 0. The molecule has 134 valence electrons. The molecular weight excluding hydrogens is 330 g/mol. The van der Waals surface area contributed by atoms with Crippen LogP contribution in [-0.2, 0) is 16.1 Å². The second-order valence-electron chi connectivity index (χ2n) is 7.54. The van der Waals surface area contributed by atoms with Gasteiger partial charge in [-0.3, -0.25) is 14.5 Å². The van der Waals surface area contributed by atoms with Crippen LogP contribution in [0.1, 0.15) is 46.5 Å². The van der Waals surface area contributed by atoms with Gasteiger partial charge in [0.25, 0.3) is 0 Å². The van der Waals surface area contributed by atoms with Crippen LogP contribution in [0.15, 0.2) is 36.4 Å². The third-order valence-electron chi connectivity index (χ3n) is 5.66. The Morgan fingerprint density at radius 2 is 1.65 bits per heavy atom. The van der Waals surface area contributed by atoms with E-state index in [1.807, 2.05) is 13.8 Å². The molecule has 5 heteroatoms. The van der Waals surface area contributed by atoms with Crippen LogP contribution < -0.4 is 4.90 Å². The molecule has 26 heavy (non-hydrogen) atoms. The summed E-state index contributed by atoms with van der Waals surface area (Å²) in [6.45, 7) is 7.22. The van der Waals surface area contributed by atoms with Gasteiger partial charge in [0.05, 0.1) is 5.69 Å². The molecule has 0 saturated carbocycles. The van der Waals surface area contributed by atoms with E-state index in [0.29, 0.717) is 5.69 Å². The van der Waals surface area contributed by atoms with Crippen molar-refractivity contribution in [3.8, 4) is 0 Å². The lowest BCUT2D eigenvalue weighted by molar-refractivity contribution is -0.142. The van der Waals surface area contributed by atoms with Gasteiger partial charge in [-0.25, -0.2) is 0 Å². The number of carbonyl (C=O) groups excluding carboxylic acids is 2. The highest BCUT2D eigenvalue weighted by Crippen LogP contribution is 2.60. The molecule has 2 atom stereocenters. The van der Waals surface area contributed by atoms with E-state index < -0.39 is 23.0 Å². The van der Waals surface area contributed by atoms with Crippen LogP contribution in [0.25, 0.3) is 0 Å². The van der Waals surface area contributed by atoms with Crippen LogP contribution in [0, 0.1) is 19.8 Å². The molecule has 1 aliphatic heterocycles. The van der Waals surface area contributed by atoms with Crippen molar-refractivity contribution in [2.45, 2.75) is 39.0 Å². The van der Waals surface area contributed by atoms with Crippen molar-refractivity contribution in [3.63, 3.8) is 0 Å². The van der Waals surface area contributed by atoms with E-state index in [1.165, 1.54) is 4.90 Å². The minimum Gasteiger partial charge on any atom is -0.372 e. The number of nitrogens with zero attached hydrogens (tertiary/aromatic N) is 1. The first kappa shape index (κ1) is 16.9. The summed E-state index contributed by atoms with van der Waals surface area (Å²) in [6.07, 6.45) is 0. The molecule has 4 rings (SSSR count). The average molecular weight is 351 g/mol. The van der Waals surface area contributed by atoms with Crippen LogP contribution in [-0.4, -0.2) is 21.9 Å². The molecular formula is C21H21NO4. The van der Waals surface area contributed by atoms with Crippen molar-refractivity contribution in [2.75, 3.05) is 4.90 Å². The maximum absolute atomic E-state index is 13.2. The lowest BCUT2D eigenvalue weighted by Gasteiger charge is -2.38. The Kier molecular flexibility index (Phi) is 3.27. The molecule has 1 heterocycles. The molecule has 0 spiro atoms. The number of hydrogen-bond donors (Lipinski definition) is 2. The third-order valence-corrected chi connectivity index (χ3v) is 5.66. The number of aryl methyl sites for hydroxylation is 2. The average Bonchev–Trinajstić information content (AvgIpc) is 2.90. The standard InChI is InChI=1S/C21H21NO4/c1-11(2)19(24)22-17-10-13(4)12(3)9-16(17)20(25)18(23)14-7-5-6-8-15(14)21(20,22)26/h5-11,25-26H,1-4H3. The van der Waals surface area contributed by atoms with Crippen LogP contribution in [0.3, 0.4) is 0 Å². The summed E-state index contributed by atoms with van der Waals surface area (Å²) in [5.74, 6) is -1.35. The number of ketones is 1. The summed E-state index contributed by atoms with van der Waals surface area (Å²) in [5.41, 5.74) is -1.41. The fourth-order valence-electron chi connectivity index (χ4n) is 4.11. The summed E-state index contributed by atoms with van der Waals surface area (Å²) in [4.78, 5) is 27.4. The number of anilines is 1. The molecule has 1 amide bonds. The Labute approximate surface area is 151 Å². The first-order valence-corrected chi connectivity index (χ1v) is 8.70. The highest BCUT2D eigenvalue weighted by molar-refractivity contribution is 6.15. The maximum Gasteiger partial charge on any atom is 0.232 e. The molecule has 1 aliphatic carbocycles. The van der Waals surface area contributed by atoms with Crippen molar-refractivity contribution in [1.82, 2.24) is 0 Å². The predicted octanol–water partition coefficient (Wildman–Crippen LogP) is 2.54. The second-order valence-corrected chi connectivity index (χ2v) is 7.54. The highest BCUT2D eigenvalue weighted by Gasteiger charge is 2.72. The van der Waals surface area contributed by atoms with Gasteiger partial charge >= 0.3 is 0 Å². The van der Waals surface area contributed by atoms with Gasteiger partial charge < -0.3 is 10.2 Å². The smallest absolute Gasteiger partial charge is 0.232 e. The van der Waals surface area contributed by atoms with E-state index in [9.17, 15) is 19.8 Å². The number of amides is 1. The van der Waals surface area contributed by atoms with E-state index in [0.717, 1.165) is 11.1 Å². The van der Waals surface area contributed by atoms with E-state index >= 15 is 0 Å². The minimum absolute atomic E-state index is 0.239. The van der Waals surface area contributed by atoms with Crippen LogP contribution in [0.2, 0.25) is 0 Å². The number of aliphatic hydroxyl groups is 2. The molecule has 2 unspecified atom stereocenters. The van der Waals surface area contributed by atoms with E-state index in [-0.39, 0.29) is 22.6 Å². The lowest BCUT2D eigenvalue weighted by Crippen LogP contribution is -2.57. The fraction of sp³-hybridized carbons (Fsp3) is 0.333. The summed E-state index contributed by atoms with van der Waals surface area (Å²) in [6, 6.07) is 10.00. The van der Waals surface area contributed by atoms with E-state index in [2.05, 4.69) is 0 Å². The van der Waals surface area contributed by atoms with Crippen molar-refractivity contribution < 1.29 is 19.8 Å². The Balaban J connectivity index is 2.12. The zero-order valence-electron chi connectivity index (χ0n) is 15.2. The second kappa shape index (κ2) is 5.02. The van der Waals surface area contributed by atoms with E-state index in [1.54, 1.807) is 50.2 Å². The van der Waals surface area contributed by atoms with Gasteiger partial charge in [0.15, 0.2) is 0 Å². The first-order valence-electron chi connectivity index (χ1n) is 8.70. The van der Waals surface area contributed by atoms with Crippen molar-refractivity contribution >= 4 is 17.4 Å². The summed E-state index contributed by atoms with van der Waals surface area (Å²) in [5, 5.41) is 23.3. The Morgan fingerprint density at radius 1 is 1.04 bits per heavy atom. The van der Waals surface area contributed by atoms with Gasteiger partial charge in [-0.15, -0.1) is 0 Å². The minimum atomic E-state index is -2.21. The molecule has 0 aromatic heterocycles. The Hall–Kier alpha value is -2.50. The van der Waals surface area contributed by atoms with Gasteiger partial charge in [0.2, 0.25) is 23.0 Å². The molecule has 2 aliphatic rings. The highest BCUT2D eigenvalue weighted by atomic mass is 16.4. The number of rotatable bonds is 1. The monoisotopic (exact) mass is 351 g/mol. The molecule has 0 saturated heterocycles.